The maximum Gasteiger partial charge on any atom is 0.416 e. The van der Waals surface area contributed by atoms with Crippen LogP contribution in [0.4, 0.5) is 17.6 Å². The van der Waals surface area contributed by atoms with Crippen LogP contribution in [0.3, 0.4) is 0 Å². The molecule has 8 heteroatoms. The van der Waals surface area contributed by atoms with Gasteiger partial charge in [-0.25, -0.2) is 4.39 Å². The van der Waals surface area contributed by atoms with E-state index < -0.39 is 29.5 Å². The number of amides is 1. The van der Waals surface area contributed by atoms with Gasteiger partial charge in [-0.05, 0) is 48.9 Å². The van der Waals surface area contributed by atoms with Crippen molar-refractivity contribution >= 4 is 5.91 Å². The topological polar surface area (TPSA) is 54.9 Å². The second kappa shape index (κ2) is 7.75. The molecule has 2 heterocycles. The highest BCUT2D eigenvalue weighted by Crippen LogP contribution is 2.31. The lowest BCUT2D eigenvalue weighted by Gasteiger charge is -2.20. The lowest BCUT2D eigenvalue weighted by Crippen LogP contribution is -2.30. The molecule has 0 saturated carbocycles. The Balaban J connectivity index is 1.97. The molecule has 0 aliphatic heterocycles. The van der Waals surface area contributed by atoms with Crippen molar-refractivity contribution in [2.75, 3.05) is 0 Å². The molecule has 1 unspecified atom stereocenters. The van der Waals surface area contributed by atoms with Crippen molar-refractivity contribution in [3.8, 4) is 0 Å². The number of nitrogens with zero attached hydrogens (tertiary/aromatic N) is 2. The minimum atomic E-state index is -4.50. The van der Waals surface area contributed by atoms with Gasteiger partial charge >= 0.3 is 6.18 Å². The van der Waals surface area contributed by atoms with Gasteiger partial charge in [0.15, 0.2) is 0 Å². The summed E-state index contributed by atoms with van der Waals surface area (Å²) in [4.78, 5) is 20.6. The third kappa shape index (κ3) is 4.33. The van der Waals surface area contributed by atoms with Crippen LogP contribution in [-0.4, -0.2) is 15.9 Å². The van der Waals surface area contributed by atoms with Crippen molar-refractivity contribution in [1.82, 2.24) is 15.3 Å². The first-order chi connectivity index (χ1) is 13.3. The van der Waals surface area contributed by atoms with Crippen LogP contribution in [0.25, 0.3) is 0 Å². The van der Waals surface area contributed by atoms with E-state index in [4.69, 9.17) is 0 Å². The maximum atomic E-state index is 14.3. The molecule has 0 radical (unpaired) electrons. The van der Waals surface area contributed by atoms with Crippen molar-refractivity contribution in [1.29, 1.82) is 0 Å². The third-order valence-electron chi connectivity index (χ3n) is 4.08. The number of carbonyl (C=O) groups excluding carboxylic acids is 1. The van der Waals surface area contributed by atoms with Crippen LogP contribution >= 0.6 is 0 Å². The van der Waals surface area contributed by atoms with E-state index in [1.807, 2.05) is 0 Å². The summed E-state index contributed by atoms with van der Waals surface area (Å²) in [5.74, 6) is -1.24. The minimum absolute atomic E-state index is 0.101. The second-order valence-corrected chi connectivity index (χ2v) is 6.08. The van der Waals surface area contributed by atoms with Crippen LogP contribution in [0, 0.1) is 12.7 Å². The number of halogens is 4. The summed E-state index contributed by atoms with van der Waals surface area (Å²) in [6.07, 6.45) is -1.79. The molecule has 1 atom stereocenters. The van der Waals surface area contributed by atoms with Crippen LogP contribution in [-0.2, 0) is 6.18 Å². The van der Waals surface area contributed by atoms with Gasteiger partial charge < -0.3 is 5.32 Å². The number of carbonyl (C=O) groups is 1. The zero-order valence-corrected chi connectivity index (χ0v) is 14.7. The number of alkyl halides is 3. The Morgan fingerprint density at radius 3 is 2.32 bits per heavy atom. The Labute approximate surface area is 158 Å². The zero-order valence-electron chi connectivity index (χ0n) is 14.7. The first kappa shape index (κ1) is 19.5. The molecule has 0 fully saturated rings. The van der Waals surface area contributed by atoms with E-state index in [2.05, 4.69) is 15.3 Å². The fourth-order valence-electron chi connectivity index (χ4n) is 2.60. The summed E-state index contributed by atoms with van der Waals surface area (Å²) in [5, 5.41) is 2.62. The first-order valence-corrected chi connectivity index (χ1v) is 8.27. The minimum Gasteiger partial charge on any atom is -0.339 e. The smallest absolute Gasteiger partial charge is 0.339 e. The van der Waals surface area contributed by atoms with E-state index in [1.165, 1.54) is 36.7 Å². The monoisotopic (exact) mass is 389 g/mol. The summed E-state index contributed by atoms with van der Waals surface area (Å²) in [6.45, 7) is 1.76. The number of aromatic nitrogens is 2. The van der Waals surface area contributed by atoms with Crippen LogP contribution in [0.5, 0.6) is 0 Å². The number of nitrogens with one attached hydrogen (secondary N) is 1. The first-order valence-electron chi connectivity index (χ1n) is 8.27. The van der Waals surface area contributed by atoms with Gasteiger partial charge in [-0.3, -0.25) is 14.8 Å². The summed E-state index contributed by atoms with van der Waals surface area (Å²) >= 11 is 0. The highest BCUT2D eigenvalue weighted by atomic mass is 19.4. The van der Waals surface area contributed by atoms with Gasteiger partial charge in [0.2, 0.25) is 0 Å². The molecule has 0 aliphatic rings. The Bertz CT molecular complexity index is 970. The normalized spacial score (nSPS) is 12.5. The number of aryl methyl sites for hydroxylation is 1. The highest BCUT2D eigenvalue weighted by Gasteiger charge is 2.31. The van der Waals surface area contributed by atoms with Gasteiger partial charge in [0, 0.05) is 18.1 Å². The molecule has 0 bridgehead atoms. The number of rotatable bonds is 4. The van der Waals surface area contributed by atoms with Gasteiger partial charge in [0.1, 0.15) is 11.5 Å². The Morgan fingerprint density at radius 2 is 1.75 bits per heavy atom. The molecule has 1 amide bonds. The predicted octanol–water partition coefficient (Wildman–Crippen LogP) is 4.46. The summed E-state index contributed by atoms with van der Waals surface area (Å²) in [6, 6.07) is 8.81. The van der Waals surface area contributed by atoms with Gasteiger partial charge in [0.25, 0.3) is 5.91 Å². The molecular weight excluding hydrogens is 374 g/mol. The SMILES string of the molecule is Cc1ccc(C(=O)NC(c2ccc(C(F)(F)F)cc2)c2ncccc2F)cn1. The van der Waals surface area contributed by atoms with Crippen LogP contribution in [0.15, 0.2) is 60.9 Å². The fraction of sp³-hybridized carbons (Fsp3) is 0.150. The average molecular weight is 389 g/mol. The van der Waals surface area contributed by atoms with Crippen molar-refractivity contribution in [3.63, 3.8) is 0 Å². The third-order valence-corrected chi connectivity index (χ3v) is 4.08. The predicted molar refractivity (Wildman–Crippen MR) is 93.9 cm³/mol. The van der Waals surface area contributed by atoms with Crippen molar-refractivity contribution < 1.29 is 22.4 Å². The Kier molecular flexibility index (Phi) is 5.39. The summed E-state index contributed by atoms with van der Waals surface area (Å²) in [7, 11) is 0. The largest absolute Gasteiger partial charge is 0.416 e. The molecule has 144 valence electrons. The van der Waals surface area contributed by atoms with Gasteiger partial charge in [0.05, 0.1) is 17.2 Å². The maximum absolute atomic E-state index is 14.3. The molecule has 0 aliphatic carbocycles. The molecule has 0 spiro atoms. The molecule has 1 aromatic carbocycles. The quantitative estimate of drug-likeness (QED) is 0.671. The van der Waals surface area contributed by atoms with E-state index in [-0.39, 0.29) is 16.8 Å². The van der Waals surface area contributed by atoms with Gasteiger partial charge in [-0.1, -0.05) is 12.1 Å². The number of pyridine rings is 2. The van der Waals surface area contributed by atoms with Gasteiger partial charge in [-0.15, -0.1) is 0 Å². The van der Waals surface area contributed by atoms with E-state index in [1.54, 1.807) is 19.1 Å². The molecule has 2 aromatic heterocycles. The van der Waals surface area contributed by atoms with Crippen molar-refractivity contribution in [2.45, 2.75) is 19.1 Å². The number of hydrogen-bond acceptors (Lipinski definition) is 3. The average Bonchev–Trinajstić information content (AvgIpc) is 2.66. The van der Waals surface area contributed by atoms with Crippen LogP contribution < -0.4 is 5.32 Å². The Morgan fingerprint density at radius 1 is 1.04 bits per heavy atom. The lowest BCUT2D eigenvalue weighted by atomic mass is 10.0. The number of benzene rings is 1. The lowest BCUT2D eigenvalue weighted by molar-refractivity contribution is -0.137. The Hall–Kier alpha value is -3.29. The summed E-state index contributed by atoms with van der Waals surface area (Å²) < 4.78 is 52.8. The molecular formula is C20H15F4N3O. The molecule has 1 N–H and O–H groups in total. The summed E-state index contributed by atoms with van der Waals surface area (Å²) in [5.41, 5.74) is 0.269. The van der Waals surface area contributed by atoms with Crippen LogP contribution in [0.2, 0.25) is 0 Å². The zero-order chi connectivity index (χ0) is 20.3. The van der Waals surface area contributed by atoms with Gasteiger partial charge in [-0.2, -0.15) is 13.2 Å². The van der Waals surface area contributed by atoms with E-state index >= 15 is 0 Å². The standard InChI is InChI=1S/C20H15F4N3O/c1-12-4-5-14(11-26-12)19(28)27-17(18-16(21)3-2-10-25-18)13-6-8-15(9-7-13)20(22,23)24/h2-11,17H,1H3,(H,27,28). The van der Waals surface area contributed by atoms with Crippen molar-refractivity contribution in [2.24, 2.45) is 0 Å². The van der Waals surface area contributed by atoms with E-state index in [0.29, 0.717) is 5.69 Å². The molecule has 0 saturated heterocycles. The molecule has 3 rings (SSSR count). The van der Waals surface area contributed by atoms with Crippen molar-refractivity contribution in [3.05, 3.63) is 94.8 Å². The molecule has 3 aromatic rings. The van der Waals surface area contributed by atoms with Crippen LogP contribution in [0.1, 0.15) is 38.9 Å². The molecule has 4 nitrogen and oxygen atoms in total. The highest BCUT2D eigenvalue weighted by molar-refractivity contribution is 5.94. The van der Waals surface area contributed by atoms with E-state index in [9.17, 15) is 22.4 Å². The second-order valence-electron chi connectivity index (χ2n) is 6.08. The number of hydrogen-bond donors (Lipinski definition) is 1. The fourth-order valence-corrected chi connectivity index (χ4v) is 2.60. The van der Waals surface area contributed by atoms with E-state index in [0.717, 1.165) is 12.1 Å². The molecule has 28 heavy (non-hydrogen) atoms.